The second kappa shape index (κ2) is 6.40. The molecule has 0 heterocycles. The highest BCUT2D eigenvalue weighted by Gasteiger charge is 2.12. The highest BCUT2D eigenvalue weighted by atomic mass is 16.5. The molecule has 0 saturated heterocycles. The fraction of sp³-hybridized carbons (Fsp3) is 0.500. The number of anilines is 1. The molecule has 2 N–H and O–H groups in total. The second-order valence-electron chi connectivity index (χ2n) is 5.20. The average Bonchev–Trinajstić information content (AvgIpc) is 2.29. The Kier molecular flexibility index (Phi) is 5.16. The molecule has 100 valence electrons. The molecule has 0 aliphatic carbocycles. The number of amides is 2. The summed E-state index contributed by atoms with van der Waals surface area (Å²) in [6, 6.07) is 7.68. The third-order valence-corrected chi connectivity index (χ3v) is 2.60. The van der Waals surface area contributed by atoms with Crippen molar-refractivity contribution < 1.29 is 9.53 Å². The molecule has 1 aromatic carbocycles. The van der Waals surface area contributed by atoms with E-state index in [1.54, 1.807) is 7.11 Å². The minimum atomic E-state index is -0.212. The van der Waals surface area contributed by atoms with Gasteiger partial charge in [-0.3, -0.25) is 0 Å². The molecular weight excluding hydrogens is 228 g/mol. The lowest BCUT2D eigenvalue weighted by Crippen LogP contribution is -2.31. The van der Waals surface area contributed by atoms with Crippen LogP contribution in [0, 0.1) is 0 Å². The van der Waals surface area contributed by atoms with Gasteiger partial charge >= 0.3 is 6.03 Å². The zero-order valence-corrected chi connectivity index (χ0v) is 11.5. The molecule has 0 atom stereocenters. The number of benzene rings is 1. The Bertz CT molecular complexity index is 380. The lowest BCUT2D eigenvalue weighted by Gasteiger charge is -2.19. The maximum Gasteiger partial charge on any atom is 0.319 e. The van der Waals surface area contributed by atoms with Crippen LogP contribution in [0.25, 0.3) is 0 Å². The Hall–Kier alpha value is -1.55. The predicted octanol–water partition coefficient (Wildman–Crippen LogP) is 2.75. The number of nitrogens with one attached hydrogen (secondary N) is 2. The smallest absolute Gasteiger partial charge is 0.319 e. The summed E-state index contributed by atoms with van der Waals surface area (Å²) >= 11 is 0. The molecule has 0 fully saturated rings. The molecule has 0 spiro atoms. The summed E-state index contributed by atoms with van der Waals surface area (Å²) in [6.45, 7) is 7.49. The minimum Gasteiger partial charge on any atom is -0.383 e. The third-order valence-electron chi connectivity index (χ3n) is 2.60. The minimum absolute atomic E-state index is 0.124. The van der Waals surface area contributed by atoms with Gasteiger partial charge in [-0.15, -0.1) is 0 Å². The quantitative estimate of drug-likeness (QED) is 0.807. The molecule has 0 saturated carbocycles. The van der Waals surface area contributed by atoms with Crippen LogP contribution in [-0.2, 0) is 10.2 Å². The van der Waals surface area contributed by atoms with Gasteiger partial charge in [0.1, 0.15) is 0 Å². The van der Waals surface area contributed by atoms with E-state index in [9.17, 15) is 4.79 Å². The van der Waals surface area contributed by atoms with Crippen molar-refractivity contribution in [2.45, 2.75) is 26.2 Å². The average molecular weight is 250 g/mol. The molecule has 4 nitrogen and oxygen atoms in total. The fourth-order valence-corrected chi connectivity index (χ4v) is 1.50. The van der Waals surface area contributed by atoms with E-state index in [1.807, 2.05) is 24.3 Å². The lowest BCUT2D eigenvalue weighted by molar-refractivity contribution is 0.198. The van der Waals surface area contributed by atoms with Crippen molar-refractivity contribution in [2.75, 3.05) is 25.6 Å². The van der Waals surface area contributed by atoms with Crippen LogP contribution < -0.4 is 10.6 Å². The molecule has 1 aromatic rings. The van der Waals surface area contributed by atoms with Gasteiger partial charge in [0.2, 0.25) is 0 Å². The maximum atomic E-state index is 11.5. The fourth-order valence-electron chi connectivity index (χ4n) is 1.50. The second-order valence-corrected chi connectivity index (χ2v) is 5.20. The van der Waals surface area contributed by atoms with Crippen molar-refractivity contribution in [3.63, 3.8) is 0 Å². The predicted molar refractivity (Wildman–Crippen MR) is 74.0 cm³/mol. The van der Waals surface area contributed by atoms with E-state index >= 15 is 0 Å². The Morgan fingerprint density at radius 3 is 2.33 bits per heavy atom. The van der Waals surface area contributed by atoms with Gasteiger partial charge in [0.05, 0.1) is 6.61 Å². The molecular formula is C14H22N2O2. The first-order valence-electron chi connectivity index (χ1n) is 6.08. The first-order chi connectivity index (χ1) is 8.43. The summed E-state index contributed by atoms with van der Waals surface area (Å²) in [5.74, 6) is 0. The van der Waals surface area contributed by atoms with E-state index in [2.05, 4.69) is 31.4 Å². The molecule has 0 aliphatic rings. The number of carbonyl (C=O) groups excluding carboxylic acids is 1. The van der Waals surface area contributed by atoms with Crippen LogP contribution in [0.5, 0.6) is 0 Å². The van der Waals surface area contributed by atoms with Crippen LogP contribution in [0.2, 0.25) is 0 Å². The van der Waals surface area contributed by atoms with Gasteiger partial charge in [-0.25, -0.2) is 4.79 Å². The van der Waals surface area contributed by atoms with E-state index in [4.69, 9.17) is 4.74 Å². The van der Waals surface area contributed by atoms with Crippen molar-refractivity contribution in [2.24, 2.45) is 0 Å². The SMILES string of the molecule is COCCNC(=O)Nc1ccc(C(C)(C)C)cc1. The Morgan fingerprint density at radius 1 is 1.22 bits per heavy atom. The Morgan fingerprint density at radius 2 is 1.83 bits per heavy atom. The molecule has 0 aromatic heterocycles. The molecule has 1 rings (SSSR count). The van der Waals surface area contributed by atoms with Crippen molar-refractivity contribution >= 4 is 11.7 Å². The molecule has 0 unspecified atom stereocenters. The summed E-state index contributed by atoms with van der Waals surface area (Å²) in [4.78, 5) is 11.5. The summed E-state index contributed by atoms with van der Waals surface area (Å²) < 4.78 is 4.85. The highest BCUT2D eigenvalue weighted by Crippen LogP contribution is 2.23. The summed E-state index contributed by atoms with van der Waals surface area (Å²) in [5.41, 5.74) is 2.16. The van der Waals surface area contributed by atoms with Crippen molar-refractivity contribution in [3.05, 3.63) is 29.8 Å². The molecule has 0 bridgehead atoms. The molecule has 18 heavy (non-hydrogen) atoms. The molecule has 2 amide bonds. The standard InChI is InChI=1S/C14H22N2O2/c1-14(2,3)11-5-7-12(8-6-11)16-13(17)15-9-10-18-4/h5-8H,9-10H2,1-4H3,(H2,15,16,17). The van der Waals surface area contributed by atoms with Crippen molar-refractivity contribution in [3.8, 4) is 0 Å². The molecule has 0 radical (unpaired) electrons. The van der Waals surface area contributed by atoms with Gasteiger partial charge in [-0.05, 0) is 23.1 Å². The monoisotopic (exact) mass is 250 g/mol. The van der Waals surface area contributed by atoms with Gasteiger partial charge in [-0.1, -0.05) is 32.9 Å². The number of hydrogen-bond acceptors (Lipinski definition) is 2. The van der Waals surface area contributed by atoms with Gasteiger partial charge in [0.25, 0.3) is 0 Å². The zero-order chi connectivity index (χ0) is 13.6. The van der Waals surface area contributed by atoms with Crippen LogP contribution in [0.3, 0.4) is 0 Å². The number of rotatable bonds is 4. The van der Waals surface area contributed by atoms with Crippen LogP contribution >= 0.6 is 0 Å². The molecule has 4 heteroatoms. The van der Waals surface area contributed by atoms with Crippen molar-refractivity contribution in [1.29, 1.82) is 0 Å². The maximum absolute atomic E-state index is 11.5. The largest absolute Gasteiger partial charge is 0.383 e. The van der Waals surface area contributed by atoms with E-state index in [-0.39, 0.29) is 11.4 Å². The number of carbonyl (C=O) groups is 1. The van der Waals surface area contributed by atoms with Crippen LogP contribution in [0.4, 0.5) is 10.5 Å². The summed E-state index contributed by atoms with van der Waals surface area (Å²) in [6.07, 6.45) is 0. The number of methoxy groups -OCH3 is 1. The van der Waals surface area contributed by atoms with Gasteiger partial charge < -0.3 is 15.4 Å². The van der Waals surface area contributed by atoms with E-state index in [0.29, 0.717) is 13.2 Å². The first kappa shape index (κ1) is 14.5. The van der Waals surface area contributed by atoms with E-state index < -0.39 is 0 Å². The van der Waals surface area contributed by atoms with Crippen molar-refractivity contribution in [1.82, 2.24) is 5.32 Å². The molecule has 0 aliphatic heterocycles. The number of ether oxygens (including phenoxy) is 1. The zero-order valence-electron chi connectivity index (χ0n) is 11.5. The van der Waals surface area contributed by atoms with E-state index in [0.717, 1.165) is 5.69 Å². The van der Waals surface area contributed by atoms with Gasteiger partial charge in [0, 0.05) is 19.3 Å². The third kappa shape index (κ3) is 4.75. The summed E-state index contributed by atoms with van der Waals surface area (Å²) in [5, 5.41) is 5.48. The van der Waals surface area contributed by atoms with E-state index in [1.165, 1.54) is 5.56 Å². The highest BCUT2D eigenvalue weighted by molar-refractivity contribution is 5.89. The normalized spacial score (nSPS) is 11.1. The topological polar surface area (TPSA) is 50.4 Å². The van der Waals surface area contributed by atoms with Gasteiger partial charge in [-0.2, -0.15) is 0 Å². The Balaban J connectivity index is 2.51. The number of hydrogen-bond donors (Lipinski definition) is 2. The van der Waals surface area contributed by atoms with Gasteiger partial charge in [0.15, 0.2) is 0 Å². The Labute approximate surface area is 109 Å². The number of urea groups is 1. The van der Waals surface area contributed by atoms with Crippen LogP contribution in [0.1, 0.15) is 26.3 Å². The van der Waals surface area contributed by atoms with Crippen LogP contribution in [-0.4, -0.2) is 26.3 Å². The lowest BCUT2D eigenvalue weighted by atomic mass is 9.87. The summed E-state index contributed by atoms with van der Waals surface area (Å²) in [7, 11) is 1.60. The van der Waals surface area contributed by atoms with Crippen LogP contribution in [0.15, 0.2) is 24.3 Å². The first-order valence-corrected chi connectivity index (χ1v) is 6.08.